The number of aromatic nitrogens is 1. The molecule has 1 saturated heterocycles. The molecule has 0 aliphatic carbocycles. The van der Waals surface area contributed by atoms with Gasteiger partial charge in [0.2, 0.25) is 11.8 Å². The van der Waals surface area contributed by atoms with Gasteiger partial charge in [-0.2, -0.15) is 0 Å². The van der Waals surface area contributed by atoms with E-state index in [0.29, 0.717) is 12.4 Å². The molecule has 9 heteroatoms. The van der Waals surface area contributed by atoms with Crippen molar-refractivity contribution in [1.82, 2.24) is 20.5 Å². The number of amides is 4. The second-order valence-corrected chi connectivity index (χ2v) is 6.47. The van der Waals surface area contributed by atoms with Crippen LogP contribution in [0.5, 0.6) is 0 Å². The maximum Gasteiger partial charge on any atom is 0.321 e. The van der Waals surface area contributed by atoms with E-state index in [9.17, 15) is 14.4 Å². The molecule has 4 amide bonds. The number of nitrogens with zero attached hydrogens (tertiary/aromatic N) is 2. The smallest absolute Gasteiger partial charge is 0.321 e. The lowest BCUT2D eigenvalue weighted by Crippen LogP contribution is -2.47. The van der Waals surface area contributed by atoms with Crippen molar-refractivity contribution >= 4 is 39.6 Å². The Morgan fingerprint density at radius 3 is 2.83 bits per heavy atom. The van der Waals surface area contributed by atoms with Crippen LogP contribution in [-0.4, -0.2) is 54.4 Å². The first-order valence-electron chi connectivity index (χ1n) is 7.64. The molecule has 0 bridgehead atoms. The first-order chi connectivity index (χ1) is 11.5. The minimum absolute atomic E-state index is 0.0910. The van der Waals surface area contributed by atoms with Gasteiger partial charge in [-0.25, -0.2) is 9.78 Å². The SMILES string of the molecule is CNC(=O)NC(=O)CN1CCC[C@@H](C(=O)Nc2ccc(Br)cn2)C1. The summed E-state index contributed by atoms with van der Waals surface area (Å²) in [5, 5.41) is 7.34. The van der Waals surface area contributed by atoms with Crippen molar-refractivity contribution in [2.75, 3.05) is 32.0 Å². The Labute approximate surface area is 148 Å². The Bertz CT molecular complexity index is 608. The highest BCUT2D eigenvalue weighted by molar-refractivity contribution is 9.10. The number of imide groups is 1. The second-order valence-electron chi connectivity index (χ2n) is 5.55. The third-order valence-corrected chi connectivity index (χ3v) is 4.17. The predicted molar refractivity (Wildman–Crippen MR) is 92.3 cm³/mol. The first-order valence-corrected chi connectivity index (χ1v) is 8.43. The number of rotatable bonds is 4. The van der Waals surface area contributed by atoms with Crippen molar-refractivity contribution in [3.63, 3.8) is 0 Å². The molecule has 1 aromatic rings. The number of hydrogen-bond donors (Lipinski definition) is 3. The van der Waals surface area contributed by atoms with Gasteiger partial charge in [-0.1, -0.05) is 0 Å². The number of likely N-dealkylation sites (tertiary alicyclic amines) is 1. The average Bonchev–Trinajstić information content (AvgIpc) is 2.57. The molecule has 0 spiro atoms. The molecular weight excluding hydrogens is 378 g/mol. The Kier molecular flexibility index (Phi) is 6.68. The van der Waals surface area contributed by atoms with Crippen molar-refractivity contribution < 1.29 is 14.4 Å². The topological polar surface area (TPSA) is 103 Å². The number of halogens is 1. The lowest BCUT2D eigenvalue weighted by Gasteiger charge is -2.31. The van der Waals surface area contributed by atoms with Crippen LogP contribution in [0, 0.1) is 5.92 Å². The fourth-order valence-electron chi connectivity index (χ4n) is 2.52. The minimum Gasteiger partial charge on any atom is -0.341 e. The molecule has 8 nitrogen and oxygen atoms in total. The van der Waals surface area contributed by atoms with Gasteiger partial charge in [0, 0.05) is 24.3 Å². The molecule has 1 atom stereocenters. The van der Waals surface area contributed by atoms with Crippen LogP contribution < -0.4 is 16.0 Å². The summed E-state index contributed by atoms with van der Waals surface area (Å²) in [6.07, 6.45) is 3.20. The summed E-state index contributed by atoms with van der Waals surface area (Å²) >= 11 is 3.29. The van der Waals surface area contributed by atoms with Crippen molar-refractivity contribution in [3.8, 4) is 0 Å². The summed E-state index contributed by atoms with van der Waals surface area (Å²) < 4.78 is 0.839. The number of anilines is 1. The summed E-state index contributed by atoms with van der Waals surface area (Å²) in [6, 6.07) is 2.99. The predicted octanol–water partition coefficient (Wildman–Crippen LogP) is 0.950. The molecule has 2 rings (SSSR count). The van der Waals surface area contributed by atoms with Crippen LogP contribution in [0.25, 0.3) is 0 Å². The van der Waals surface area contributed by atoms with Crippen LogP contribution in [0.15, 0.2) is 22.8 Å². The molecule has 130 valence electrons. The molecule has 1 fully saturated rings. The first kappa shape index (κ1) is 18.3. The molecule has 0 aromatic carbocycles. The number of urea groups is 1. The highest BCUT2D eigenvalue weighted by atomic mass is 79.9. The normalized spacial score (nSPS) is 17.8. The fraction of sp³-hybridized carbons (Fsp3) is 0.467. The lowest BCUT2D eigenvalue weighted by molar-refractivity contribution is -0.125. The van der Waals surface area contributed by atoms with Gasteiger partial charge in [-0.3, -0.25) is 19.8 Å². The summed E-state index contributed by atoms with van der Waals surface area (Å²) in [6.45, 7) is 1.29. The molecule has 1 aliphatic heterocycles. The van der Waals surface area contributed by atoms with Gasteiger partial charge in [-0.15, -0.1) is 0 Å². The van der Waals surface area contributed by atoms with Gasteiger partial charge in [0.05, 0.1) is 12.5 Å². The van der Waals surface area contributed by atoms with E-state index < -0.39 is 6.03 Å². The van der Waals surface area contributed by atoms with Gasteiger partial charge in [0.25, 0.3) is 0 Å². The summed E-state index contributed by atoms with van der Waals surface area (Å²) in [5.74, 6) is -0.208. The number of carbonyl (C=O) groups is 3. The fourth-order valence-corrected chi connectivity index (χ4v) is 2.76. The molecule has 1 aliphatic rings. The van der Waals surface area contributed by atoms with Crippen LogP contribution in [-0.2, 0) is 9.59 Å². The zero-order valence-electron chi connectivity index (χ0n) is 13.3. The third kappa shape index (κ3) is 5.57. The maximum absolute atomic E-state index is 12.4. The minimum atomic E-state index is -0.535. The highest BCUT2D eigenvalue weighted by Crippen LogP contribution is 2.18. The van der Waals surface area contributed by atoms with Gasteiger partial charge in [-0.05, 0) is 47.4 Å². The molecule has 3 N–H and O–H groups in total. The number of pyridine rings is 1. The molecule has 0 unspecified atom stereocenters. The Morgan fingerprint density at radius 1 is 1.38 bits per heavy atom. The van der Waals surface area contributed by atoms with Crippen molar-refractivity contribution in [2.45, 2.75) is 12.8 Å². The van der Waals surface area contributed by atoms with Crippen molar-refractivity contribution in [1.29, 1.82) is 0 Å². The molecular formula is C15H20BrN5O3. The van der Waals surface area contributed by atoms with Gasteiger partial charge in [0.1, 0.15) is 5.82 Å². The van der Waals surface area contributed by atoms with Crippen LogP contribution in [0.4, 0.5) is 10.6 Å². The number of nitrogens with one attached hydrogen (secondary N) is 3. The zero-order chi connectivity index (χ0) is 17.5. The Hall–Kier alpha value is -2.00. The Morgan fingerprint density at radius 2 is 2.17 bits per heavy atom. The van der Waals surface area contributed by atoms with E-state index in [1.54, 1.807) is 18.3 Å². The van der Waals surface area contributed by atoms with E-state index in [2.05, 4.69) is 36.9 Å². The number of hydrogen-bond acceptors (Lipinski definition) is 5. The summed E-state index contributed by atoms with van der Waals surface area (Å²) in [4.78, 5) is 41.2. The number of piperidine rings is 1. The van der Waals surface area contributed by atoms with Gasteiger partial charge < -0.3 is 10.6 Å². The lowest BCUT2D eigenvalue weighted by atomic mass is 9.97. The molecule has 1 aromatic heterocycles. The van der Waals surface area contributed by atoms with E-state index in [4.69, 9.17) is 0 Å². The highest BCUT2D eigenvalue weighted by Gasteiger charge is 2.27. The molecule has 24 heavy (non-hydrogen) atoms. The standard InChI is InChI=1S/C15H20BrN5O3/c1-17-15(24)20-13(22)9-21-6-2-3-10(8-21)14(23)19-12-5-4-11(16)7-18-12/h4-5,7,10H,2-3,6,8-9H2,1H3,(H,18,19,23)(H2,17,20,22,24)/t10-/m1/s1. The van der Waals surface area contributed by atoms with Crippen molar-refractivity contribution in [3.05, 3.63) is 22.8 Å². The zero-order valence-corrected chi connectivity index (χ0v) is 14.9. The molecule has 0 saturated carbocycles. The van der Waals surface area contributed by atoms with Crippen LogP contribution in [0.2, 0.25) is 0 Å². The average molecular weight is 398 g/mol. The summed E-state index contributed by atoms with van der Waals surface area (Å²) in [5.41, 5.74) is 0. The van der Waals surface area contributed by atoms with E-state index in [1.165, 1.54) is 7.05 Å². The van der Waals surface area contributed by atoms with Gasteiger partial charge >= 0.3 is 6.03 Å². The van der Waals surface area contributed by atoms with Crippen LogP contribution in [0.3, 0.4) is 0 Å². The second kappa shape index (κ2) is 8.74. The van der Waals surface area contributed by atoms with E-state index >= 15 is 0 Å². The van der Waals surface area contributed by atoms with Crippen LogP contribution in [0.1, 0.15) is 12.8 Å². The van der Waals surface area contributed by atoms with Crippen molar-refractivity contribution in [2.24, 2.45) is 5.92 Å². The monoisotopic (exact) mass is 397 g/mol. The molecule has 0 radical (unpaired) electrons. The maximum atomic E-state index is 12.4. The van der Waals surface area contributed by atoms with Gasteiger partial charge in [0.15, 0.2) is 0 Å². The van der Waals surface area contributed by atoms with E-state index in [-0.39, 0.29) is 24.3 Å². The van der Waals surface area contributed by atoms with E-state index in [1.807, 2.05) is 4.90 Å². The van der Waals surface area contributed by atoms with E-state index in [0.717, 1.165) is 23.9 Å². The number of carbonyl (C=O) groups excluding carboxylic acids is 3. The van der Waals surface area contributed by atoms with Crippen LogP contribution >= 0.6 is 15.9 Å². The Balaban J connectivity index is 1.85. The third-order valence-electron chi connectivity index (χ3n) is 3.70. The molecule has 2 heterocycles. The summed E-state index contributed by atoms with van der Waals surface area (Å²) in [7, 11) is 1.44. The largest absolute Gasteiger partial charge is 0.341 e. The quantitative estimate of drug-likeness (QED) is 0.701.